The molecule has 0 aliphatic heterocycles. The molecule has 0 saturated heterocycles. The van der Waals surface area contributed by atoms with E-state index in [1.165, 1.54) is 0 Å². The lowest BCUT2D eigenvalue weighted by molar-refractivity contribution is -0.905. The van der Waals surface area contributed by atoms with Crippen LogP contribution in [0.15, 0.2) is 59.1 Å². The van der Waals surface area contributed by atoms with E-state index < -0.39 is 5.60 Å². The average Bonchev–Trinajstić information content (AvgIpc) is 3.52. The molecular weight excluding hydrogens is 471 g/mol. The minimum Gasteiger partial charge on any atom is -0.436 e. The number of quaternary nitrogens is 1. The third-order valence-electron chi connectivity index (χ3n) is 6.72. The fraction of sp³-hybridized carbons (Fsp3) is 0.444. The van der Waals surface area contributed by atoms with Crippen molar-refractivity contribution in [2.45, 2.75) is 44.4 Å². The number of hydrogen-bond donors (Lipinski definition) is 1. The zero-order valence-corrected chi connectivity index (χ0v) is 21.4. The van der Waals surface area contributed by atoms with Gasteiger partial charge in [-0.2, -0.15) is 0 Å². The Bertz CT molecular complexity index is 1080. The van der Waals surface area contributed by atoms with Gasteiger partial charge in [0, 0.05) is 5.92 Å². The van der Waals surface area contributed by atoms with Gasteiger partial charge in [-0.05, 0) is 36.1 Å². The normalized spacial score (nSPS) is 16.6. The number of nitrogens with zero attached hydrogens (tertiary/aromatic N) is 2. The molecule has 1 aliphatic carbocycles. The first kappa shape index (κ1) is 25.2. The summed E-state index contributed by atoms with van der Waals surface area (Å²) in [5, 5.41) is 13.0. The highest BCUT2D eigenvalue weighted by Gasteiger charge is 2.45. The van der Waals surface area contributed by atoms with Gasteiger partial charge in [0.2, 0.25) is 5.89 Å². The molecule has 4 rings (SSSR count). The zero-order valence-electron chi connectivity index (χ0n) is 19.8. The number of likely N-dealkylation sites (N-methyl/N-ethyl adjacent to an activating group) is 1. The van der Waals surface area contributed by atoms with Crippen LogP contribution in [0.4, 0.5) is 0 Å². The summed E-state index contributed by atoms with van der Waals surface area (Å²) < 4.78 is 12.7. The van der Waals surface area contributed by atoms with Gasteiger partial charge < -0.3 is 18.7 Å². The van der Waals surface area contributed by atoms with Gasteiger partial charge in [0.1, 0.15) is 13.1 Å². The number of halogens is 2. The minimum atomic E-state index is -1.20. The van der Waals surface area contributed by atoms with Crippen LogP contribution in [-0.2, 0) is 23.5 Å². The number of ether oxygens (including phenoxy) is 1. The lowest BCUT2D eigenvalue weighted by atomic mass is 9.80. The molecule has 182 valence electrons. The molecule has 7 heteroatoms. The fourth-order valence-electron chi connectivity index (χ4n) is 4.76. The standard InChI is InChI=1S/C27H33Cl2N2O3/c1-31(2,14-15-33-19-20-12-13-24(28)25(29)16-20)18-23-17-30-26(34-23)27(32,22-10-6-7-11-22)21-8-4-3-5-9-21/h3-5,8-9,12-13,16-17,22,32H,6-7,10-11,14-15,18-19H2,1-2H3/q+1. The van der Waals surface area contributed by atoms with Crippen LogP contribution >= 0.6 is 23.2 Å². The lowest BCUT2D eigenvalue weighted by Crippen LogP contribution is -2.41. The molecule has 0 amide bonds. The summed E-state index contributed by atoms with van der Waals surface area (Å²) in [5.74, 6) is 1.27. The maximum atomic E-state index is 11.9. The van der Waals surface area contributed by atoms with Crippen LogP contribution in [-0.4, -0.2) is 41.8 Å². The second kappa shape index (κ2) is 10.8. The van der Waals surface area contributed by atoms with Gasteiger partial charge in [0.25, 0.3) is 0 Å². The van der Waals surface area contributed by atoms with Gasteiger partial charge in [-0.15, -0.1) is 0 Å². The molecule has 2 aromatic carbocycles. The molecule has 1 heterocycles. The second-order valence-electron chi connectivity index (χ2n) is 9.86. The third-order valence-corrected chi connectivity index (χ3v) is 7.46. The van der Waals surface area contributed by atoms with Crippen molar-refractivity contribution in [1.29, 1.82) is 0 Å². The minimum absolute atomic E-state index is 0.110. The Kier molecular flexibility index (Phi) is 8.01. The van der Waals surface area contributed by atoms with Crippen molar-refractivity contribution < 1.29 is 18.7 Å². The topological polar surface area (TPSA) is 55.5 Å². The quantitative estimate of drug-likeness (QED) is 0.264. The monoisotopic (exact) mass is 503 g/mol. The van der Waals surface area contributed by atoms with Crippen LogP contribution in [0, 0.1) is 5.92 Å². The second-order valence-corrected chi connectivity index (χ2v) is 10.7. The van der Waals surface area contributed by atoms with Gasteiger partial charge >= 0.3 is 0 Å². The third kappa shape index (κ3) is 5.84. The van der Waals surface area contributed by atoms with Gasteiger partial charge in [-0.3, -0.25) is 0 Å². The summed E-state index contributed by atoms with van der Waals surface area (Å²) in [6.45, 7) is 2.51. The van der Waals surface area contributed by atoms with Crippen molar-refractivity contribution >= 4 is 23.2 Å². The number of hydrogen-bond acceptors (Lipinski definition) is 4. The first-order chi connectivity index (χ1) is 16.3. The Morgan fingerprint density at radius 2 is 1.82 bits per heavy atom. The van der Waals surface area contributed by atoms with E-state index in [4.69, 9.17) is 32.4 Å². The lowest BCUT2D eigenvalue weighted by Gasteiger charge is -2.32. The van der Waals surface area contributed by atoms with Crippen molar-refractivity contribution in [1.82, 2.24) is 4.98 Å². The highest BCUT2D eigenvalue weighted by molar-refractivity contribution is 6.42. The molecule has 3 aromatic rings. The van der Waals surface area contributed by atoms with E-state index in [1.54, 1.807) is 12.3 Å². The van der Waals surface area contributed by atoms with E-state index >= 15 is 0 Å². The van der Waals surface area contributed by atoms with Gasteiger partial charge in [-0.1, -0.05) is 72.4 Å². The maximum Gasteiger partial charge on any atom is 0.231 e. The van der Waals surface area contributed by atoms with Crippen molar-refractivity contribution in [3.8, 4) is 0 Å². The van der Waals surface area contributed by atoms with Crippen molar-refractivity contribution in [3.63, 3.8) is 0 Å². The largest absolute Gasteiger partial charge is 0.436 e. The van der Waals surface area contributed by atoms with Crippen LogP contribution in [0.25, 0.3) is 0 Å². The summed E-state index contributed by atoms with van der Waals surface area (Å²) in [7, 11) is 4.26. The van der Waals surface area contributed by atoms with E-state index in [0.717, 1.165) is 49.1 Å². The Morgan fingerprint density at radius 1 is 1.09 bits per heavy atom. The fourth-order valence-corrected chi connectivity index (χ4v) is 5.08. The predicted octanol–water partition coefficient (Wildman–Crippen LogP) is 6.20. The van der Waals surface area contributed by atoms with E-state index in [1.807, 2.05) is 42.5 Å². The number of oxazole rings is 1. The number of benzene rings is 2. The number of rotatable bonds is 10. The van der Waals surface area contributed by atoms with Crippen molar-refractivity contribution in [2.24, 2.45) is 5.92 Å². The van der Waals surface area contributed by atoms with E-state index in [0.29, 0.717) is 40.2 Å². The summed E-state index contributed by atoms with van der Waals surface area (Å²) in [4.78, 5) is 4.56. The number of aromatic nitrogens is 1. The molecular formula is C27H33Cl2N2O3+. The summed E-state index contributed by atoms with van der Waals surface area (Å²) >= 11 is 12.1. The van der Waals surface area contributed by atoms with Crippen LogP contribution in [0.2, 0.25) is 10.0 Å². The van der Waals surface area contributed by atoms with E-state index in [9.17, 15) is 5.11 Å². The molecule has 1 saturated carbocycles. The Hall–Kier alpha value is -1.89. The molecule has 34 heavy (non-hydrogen) atoms. The Labute approximate surface area is 211 Å². The molecule has 1 aromatic heterocycles. The highest BCUT2D eigenvalue weighted by atomic mass is 35.5. The molecule has 1 aliphatic rings. The molecule has 1 fully saturated rings. The van der Waals surface area contributed by atoms with Crippen LogP contribution < -0.4 is 0 Å². The first-order valence-electron chi connectivity index (χ1n) is 11.8. The predicted molar refractivity (Wildman–Crippen MR) is 135 cm³/mol. The van der Waals surface area contributed by atoms with Crippen LogP contribution in [0.1, 0.15) is 48.5 Å². The van der Waals surface area contributed by atoms with Crippen LogP contribution in [0.3, 0.4) is 0 Å². The molecule has 1 atom stereocenters. The average molecular weight is 504 g/mol. The summed E-state index contributed by atoms with van der Waals surface area (Å²) in [6, 6.07) is 15.3. The van der Waals surface area contributed by atoms with Gasteiger partial charge in [0.15, 0.2) is 11.4 Å². The first-order valence-corrected chi connectivity index (χ1v) is 12.6. The van der Waals surface area contributed by atoms with Gasteiger partial charge in [0.05, 0.1) is 43.6 Å². The van der Waals surface area contributed by atoms with E-state index in [-0.39, 0.29) is 5.92 Å². The Morgan fingerprint density at radius 3 is 2.53 bits per heavy atom. The van der Waals surface area contributed by atoms with E-state index in [2.05, 4.69) is 19.1 Å². The molecule has 0 bridgehead atoms. The molecule has 5 nitrogen and oxygen atoms in total. The summed E-state index contributed by atoms with van der Waals surface area (Å²) in [6.07, 6.45) is 5.95. The molecule has 1 N–H and O–H groups in total. The highest BCUT2D eigenvalue weighted by Crippen LogP contribution is 2.44. The molecule has 0 radical (unpaired) electrons. The Balaban J connectivity index is 1.39. The van der Waals surface area contributed by atoms with Gasteiger partial charge in [-0.25, -0.2) is 4.98 Å². The maximum absolute atomic E-state index is 11.9. The zero-order chi connectivity index (χ0) is 24.2. The summed E-state index contributed by atoms with van der Waals surface area (Å²) in [5.41, 5.74) is 0.641. The van der Waals surface area contributed by atoms with Crippen LogP contribution in [0.5, 0.6) is 0 Å². The van der Waals surface area contributed by atoms with Crippen molar-refractivity contribution in [3.05, 3.63) is 87.6 Å². The van der Waals surface area contributed by atoms with Crippen molar-refractivity contribution in [2.75, 3.05) is 27.2 Å². The SMILES string of the molecule is C[N+](C)(CCOCc1ccc(Cl)c(Cl)c1)Cc1cnc(C(O)(c2ccccc2)C2CCCC2)o1. The smallest absolute Gasteiger partial charge is 0.231 e. The molecule has 1 unspecified atom stereocenters. The molecule has 0 spiro atoms. The number of aliphatic hydroxyl groups is 1.